The van der Waals surface area contributed by atoms with Crippen LogP contribution in [0, 0.1) is 5.92 Å². The first-order chi connectivity index (χ1) is 10.4. The van der Waals surface area contributed by atoms with Gasteiger partial charge < -0.3 is 10.2 Å². The Bertz CT molecular complexity index is 470. The predicted octanol–water partition coefficient (Wildman–Crippen LogP) is 3.86. The molecule has 3 nitrogen and oxygen atoms in total. The van der Waals surface area contributed by atoms with Crippen molar-refractivity contribution in [2.45, 2.75) is 38.5 Å². The molecule has 0 bridgehead atoms. The number of likely N-dealkylation sites (tertiary alicyclic amines) is 1. The summed E-state index contributed by atoms with van der Waals surface area (Å²) in [7, 11) is 0. The number of rotatable bonds is 5. The topological polar surface area (TPSA) is 27.6 Å². The van der Waals surface area contributed by atoms with Gasteiger partial charge in [0.25, 0.3) is 0 Å². The molecule has 2 fully saturated rings. The van der Waals surface area contributed by atoms with Crippen molar-refractivity contribution in [3.05, 3.63) is 35.9 Å². The van der Waals surface area contributed by atoms with E-state index in [2.05, 4.69) is 47.5 Å². The molecule has 3 rings (SSSR count). The highest BCUT2D eigenvalue weighted by molar-refractivity contribution is 14.0. The highest BCUT2D eigenvalue weighted by Gasteiger charge is 2.26. The minimum atomic E-state index is 0. The molecule has 0 amide bonds. The van der Waals surface area contributed by atoms with Gasteiger partial charge in [-0.2, -0.15) is 0 Å². The van der Waals surface area contributed by atoms with Gasteiger partial charge in [0.1, 0.15) is 0 Å². The Labute approximate surface area is 151 Å². The third kappa shape index (κ3) is 4.86. The first-order valence-corrected chi connectivity index (χ1v) is 8.45. The molecule has 1 atom stereocenters. The Morgan fingerprint density at radius 3 is 2.68 bits per heavy atom. The van der Waals surface area contributed by atoms with Crippen molar-refractivity contribution in [2.75, 3.05) is 26.2 Å². The molecule has 1 unspecified atom stereocenters. The molecule has 1 aromatic carbocycles. The van der Waals surface area contributed by atoms with Crippen LogP contribution in [0.1, 0.15) is 44.1 Å². The van der Waals surface area contributed by atoms with Crippen LogP contribution in [-0.4, -0.2) is 37.0 Å². The van der Waals surface area contributed by atoms with Gasteiger partial charge >= 0.3 is 0 Å². The number of halogens is 1. The Hall–Kier alpha value is -0.780. The van der Waals surface area contributed by atoms with Gasteiger partial charge in [-0.1, -0.05) is 43.2 Å². The average molecular weight is 413 g/mol. The molecule has 1 aliphatic heterocycles. The maximum atomic E-state index is 4.84. The largest absolute Gasteiger partial charge is 0.357 e. The van der Waals surface area contributed by atoms with Gasteiger partial charge in [0.05, 0.1) is 0 Å². The monoisotopic (exact) mass is 413 g/mol. The fraction of sp³-hybridized carbons (Fsp3) is 0.611. The fourth-order valence-corrected chi connectivity index (χ4v) is 3.14. The summed E-state index contributed by atoms with van der Waals surface area (Å²) in [5.74, 6) is 2.74. The smallest absolute Gasteiger partial charge is 0.193 e. The summed E-state index contributed by atoms with van der Waals surface area (Å²) < 4.78 is 0. The average Bonchev–Trinajstić information content (AvgIpc) is 3.21. The molecule has 0 aromatic heterocycles. The van der Waals surface area contributed by atoms with E-state index in [0.29, 0.717) is 5.92 Å². The van der Waals surface area contributed by atoms with E-state index < -0.39 is 0 Å². The van der Waals surface area contributed by atoms with Crippen LogP contribution in [0.15, 0.2) is 35.3 Å². The molecule has 2 aliphatic rings. The van der Waals surface area contributed by atoms with Crippen LogP contribution < -0.4 is 5.32 Å². The molecule has 4 heteroatoms. The van der Waals surface area contributed by atoms with Crippen molar-refractivity contribution in [2.24, 2.45) is 10.9 Å². The molecule has 1 aromatic rings. The minimum Gasteiger partial charge on any atom is -0.357 e. The van der Waals surface area contributed by atoms with E-state index in [1.54, 1.807) is 0 Å². The number of hydrogen-bond acceptors (Lipinski definition) is 1. The maximum absolute atomic E-state index is 4.84. The van der Waals surface area contributed by atoms with Crippen LogP contribution in [-0.2, 0) is 0 Å². The molecule has 1 saturated carbocycles. The summed E-state index contributed by atoms with van der Waals surface area (Å²) in [6.45, 7) is 6.31. The molecule has 1 heterocycles. The highest BCUT2D eigenvalue weighted by Crippen LogP contribution is 2.32. The van der Waals surface area contributed by atoms with Crippen molar-refractivity contribution in [1.82, 2.24) is 10.2 Å². The second-order valence-corrected chi connectivity index (χ2v) is 6.31. The quantitative estimate of drug-likeness (QED) is 0.451. The lowest BCUT2D eigenvalue weighted by molar-refractivity contribution is 0.485. The summed E-state index contributed by atoms with van der Waals surface area (Å²) in [6.07, 6.45) is 5.35. The van der Waals surface area contributed by atoms with Crippen LogP contribution >= 0.6 is 24.0 Å². The first-order valence-electron chi connectivity index (χ1n) is 8.45. The number of aliphatic imine (C=N–C) groups is 1. The minimum absolute atomic E-state index is 0. The molecule has 22 heavy (non-hydrogen) atoms. The Kier molecular flexibility index (Phi) is 6.99. The molecular formula is C18H28IN3. The van der Waals surface area contributed by atoms with Crippen LogP contribution in [0.4, 0.5) is 0 Å². The Morgan fingerprint density at radius 2 is 2.00 bits per heavy atom. The summed E-state index contributed by atoms with van der Waals surface area (Å²) >= 11 is 0. The van der Waals surface area contributed by atoms with Crippen LogP contribution in [0.5, 0.6) is 0 Å². The summed E-state index contributed by atoms with van der Waals surface area (Å²) in [6, 6.07) is 10.9. The number of hydrogen-bond donors (Lipinski definition) is 1. The molecule has 1 saturated heterocycles. The van der Waals surface area contributed by atoms with Crippen molar-refractivity contribution < 1.29 is 0 Å². The van der Waals surface area contributed by atoms with Gasteiger partial charge in [0.15, 0.2) is 5.96 Å². The first kappa shape index (κ1) is 17.6. The lowest BCUT2D eigenvalue weighted by Crippen LogP contribution is -2.40. The van der Waals surface area contributed by atoms with Gasteiger partial charge in [-0.3, -0.25) is 4.99 Å². The van der Waals surface area contributed by atoms with Crippen LogP contribution in [0.2, 0.25) is 0 Å². The van der Waals surface area contributed by atoms with Gasteiger partial charge in [-0.15, -0.1) is 24.0 Å². The van der Waals surface area contributed by atoms with E-state index in [9.17, 15) is 0 Å². The SMILES string of the molecule is CCNC(=NCCC1CC1)N1CCC(c2ccccc2)C1.I. The van der Waals surface area contributed by atoms with E-state index >= 15 is 0 Å². The van der Waals surface area contributed by atoms with E-state index in [4.69, 9.17) is 4.99 Å². The van der Waals surface area contributed by atoms with Gasteiger partial charge in [-0.25, -0.2) is 0 Å². The Morgan fingerprint density at radius 1 is 1.23 bits per heavy atom. The van der Waals surface area contributed by atoms with Crippen molar-refractivity contribution >= 4 is 29.9 Å². The van der Waals surface area contributed by atoms with E-state index in [-0.39, 0.29) is 24.0 Å². The standard InChI is InChI=1S/C18H27N3.HI/c1-2-19-18(20-12-10-15-8-9-15)21-13-11-17(14-21)16-6-4-3-5-7-16;/h3-7,15,17H,2,8-14H2,1H3,(H,19,20);1H. The molecule has 0 radical (unpaired) electrons. The van der Waals surface area contributed by atoms with E-state index in [0.717, 1.165) is 38.1 Å². The zero-order valence-corrected chi connectivity index (χ0v) is 15.8. The predicted molar refractivity (Wildman–Crippen MR) is 104 cm³/mol. The van der Waals surface area contributed by atoms with Crippen LogP contribution in [0.3, 0.4) is 0 Å². The normalized spacial score (nSPS) is 21.6. The Balaban J connectivity index is 0.00000176. The van der Waals surface area contributed by atoms with Crippen LogP contribution in [0.25, 0.3) is 0 Å². The van der Waals surface area contributed by atoms with Gasteiger partial charge in [0.2, 0.25) is 0 Å². The molecule has 1 aliphatic carbocycles. The van der Waals surface area contributed by atoms with E-state index in [1.165, 1.54) is 31.2 Å². The molecule has 0 spiro atoms. The number of benzene rings is 1. The lowest BCUT2D eigenvalue weighted by atomic mass is 9.99. The molecule has 122 valence electrons. The van der Waals surface area contributed by atoms with Gasteiger partial charge in [-0.05, 0) is 31.2 Å². The second-order valence-electron chi connectivity index (χ2n) is 6.31. The number of nitrogens with one attached hydrogen (secondary N) is 1. The second kappa shape index (κ2) is 8.75. The molecule has 1 N–H and O–H groups in total. The summed E-state index contributed by atoms with van der Waals surface area (Å²) in [5, 5.41) is 3.47. The number of nitrogens with zero attached hydrogens (tertiary/aromatic N) is 2. The maximum Gasteiger partial charge on any atom is 0.193 e. The summed E-state index contributed by atoms with van der Waals surface area (Å²) in [5.41, 5.74) is 1.47. The lowest BCUT2D eigenvalue weighted by Gasteiger charge is -2.21. The zero-order valence-electron chi connectivity index (χ0n) is 13.5. The van der Waals surface area contributed by atoms with Crippen molar-refractivity contribution in [3.63, 3.8) is 0 Å². The summed E-state index contributed by atoms with van der Waals surface area (Å²) in [4.78, 5) is 7.27. The highest BCUT2D eigenvalue weighted by atomic mass is 127. The third-order valence-corrected chi connectivity index (χ3v) is 4.59. The number of guanidine groups is 1. The zero-order chi connectivity index (χ0) is 14.5. The van der Waals surface area contributed by atoms with Crippen molar-refractivity contribution in [1.29, 1.82) is 0 Å². The van der Waals surface area contributed by atoms with Crippen molar-refractivity contribution in [3.8, 4) is 0 Å². The third-order valence-electron chi connectivity index (χ3n) is 4.59. The van der Waals surface area contributed by atoms with E-state index in [1.807, 2.05) is 0 Å². The fourth-order valence-electron chi connectivity index (χ4n) is 3.14. The molecular weight excluding hydrogens is 385 g/mol. The van der Waals surface area contributed by atoms with Gasteiger partial charge in [0, 0.05) is 32.1 Å².